The first kappa shape index (κ1) is 20.2. The SMILES string of the molecule is CN1CCN(c2ccccc2C=C2CN(c3ccc(C(F)(F)F)cc3)CS2)CC1. The highest BCUT2D eigenvalue weighted by molar-refractivity contribution is 8.03. The molecule has 3 nitrogen and oxygen atoms in total. The van der Waals surface area contributed by atoms with Crippen LogP contribution in [0, 0.1) is 0 Å². The van der Waals surface area contributed by atoms with Crippen molar-refractivity contribution in [1.29, 1.82) is 0 Å². The van der Waals surface area contributed by atoms with Crippen molar-refractivity contribution in [2.24, 2.45) is 0 Å². The summed E-state index contributed by atoms with van der Waals surface area (Å²) in [7, 11) is 2.15. The van der Waals surface area contributed by atoms with Crippen LogP contribution < -0.4 is 9.80 Å². The van der Waals surface area contributed by atoms with Gasteiger partial charge in [-0.2, -0.15) is 13.2 Å². The van der Waals surface area contributed by atoms with Gasteiger partial charge in [-0.05, 0) is 49.0 Å². The Labute approximate surface area is 173 Å². The number of hydrogen-bond donors (Lipinski definition) is 0. The zero-order chi connectivity index (χ0) is 20.4. The number of nitrogens with zero attached hydrogens (tertiary/aromatic N) is 3. The first-order valence-electron chi connectivity index (χ1n) is 9.68. The Morgan fingerprint density at radius 3 is 2.28 bits per heavy atom. The van der Waals surface area contributed by atoms with E-state index in [2.05, 4.69) is 52.1 Å². The number of anilines is 2. The normalized spacial score (nSPS) is 19.9. The van der Waals surface area contributed by atoms with Crippen LogP contribution in [-0.4, -0.2) is 50.5 Å². The Bertz CT molecular complexity index is 872. The molecule has 0 N–H and O–H groups in total. The Kier molecular flexibility index (Phi) is 5.79. The molecule has 2 fully saturated rings. The minimum atomic E-state index is -4.30. The van der Waals surface area contributed by atoms with E-state index in [9.17, 15) is 13.2 Å². The molecule has 0 amide bonds. The highest BCUT2D eigenvalue weighted by Crippen LogP contribution is 2.36. The van der Waals surface area contributed by atoms with Crippen LogP contribution in [0.5, 0.6) is 0 Å². The summed E-state index contributed by atoms with van der Waals surface area (Å²) in [4.78, 5) is 8.10. The summed E-state index contributed by atoms with van der Waals surface area (Å²) < 4.78 is 38.3. The number of halogens is 3. The predicted octanol–water partition coefficient (Wildman–Crippen LogP) is 5.01. The number of hydrogen-bond acceptors (Lipinski definition) is 4. The molecule has 154 valence electrons. The second-order valence-electron chi connectivity index (χ2n) is 7.48. The van der Waals surface area contributed by atoms with E-state index in [1.807, 2.05) is 0 Å². The van der Waals surface area contributed by atoms with Gasteiger partial charge in [-0.1, -0.05) is 18.2 Å². The van der Waals surface area contributed by atoms with Crippen LogP contribution in [0.3, 0.4) is 0 Å². The Hall–Kier alpha value is -2.12. The Morgan fingerprint density at radius 1 is 0.897 bits per heavy atom. The molecular weight excluding hydrogens is 395 g/mol. The van der Waals surface area contributed by atoms with Crippen molar-refractivity contribution < 1.29 is 13.2 Å². The fourth-order valence-electron chi connectivity index (χ4n) is 3.67. The van der Waals surface area contributed by atoms with E-state index < -0.39 is 11.7 Å². The number of piperazine rings is 1. The minimum Gasteiger partial charge on any atom is -0.368 e. The molecule has 0 aromatic heterocycles. The van der Waals surface area contributed by atoms with Crippen molar-refractivity contribution in [3.63, 3.8) is 0 Å². The van der Waals surface area contributed by atoms with E-state index in [-0.39, 0.29) is 0 Å². The topological polar surface area (TPSA) is 9.72 Å². The van der Waals surface area contributed by atoms with Crippen LogP contribution >= 0.6 is 11.8 Å². The summed E-state index contributed by atoms with van der Waals surface area (Å²) in [5.41, 5.74) is 2.67. The maximum absolute atomic E-state index is 12.8. The third-order valence-corrected chi connectivity index (χ3v) is 6.47. The average Bonchev–Trinajstić information content (AvgIpc) is 3.17. The van der Waals surface area contributed by atoms with Gasteiger partial charge in [0.05, 0.1) is 11.4 Å². The number of benzene rings is 2. The summed E-state index contributed by atoms with van der Waals surface area (Å²) >= 11 is 1.74. The molecule has 0 atom stereocenters. The molecule has 2 saturated heterocycles. The van der Waals surface area contributed by atoms with E-state index in [0.717, 1.165) is 49.9 Å². The fraction of sp³-hybridized carbons (Fsp3) is 0.364. The van der Waals surface area contributed by atoms with Crippen molar-refractivity contribution in [3.05, 3.63) is 64.6 Å². The fourth-order valence-corrected chi connectivity index (χ4v) is 4.69. The second kappa shape index (κ2) is 8.32. The third-order valence-electron chi connectivity index (χ3n) is 5.41. The zero-order valence-corrected chi connectivity index (χ0v) is 17.1. The molecule has 0 spiro atoms. The predicted molar refractivity (Wildman–Crippen MR) is 115 cm³/mol. The molecule has 0 unspecified atom stereocenters. The molecule has 2 aliphatic rings. The average molecular weight is 420 g/mol. The van der Waals surface area contributed by atoms with E-state index in [4.69, 9.17) is 0 Å². The van der Waals surface area contributed by atoms with Crippen LogP contribution in [0.2, 0.25) is 0 Å². The summed E-state index contributed by atoms with van der Waals surface area (Å²) in [6, 6.07) is 13.9. The monoisotopic (exact) mass is 419 g/mol. The number of rotatable bonds is 3. The lowest BCUT2D eigenvalue weighted by atomic mass is 10.1. The number of alkyl halides is 3. The lowest BCUT2D eigenvalue weighted by molar-refractivity contribution is -0.137. The van der Waals surface area contributed by atoms with Crippen LogP contribution in [-0.2, 0) is 6.18 Å². The second-order valence-corrected chi connectivity index (χ2v) is 8.55. The standard InChI is InChI=1S/C22H24F3N3S/c1-26-10-12-27(13-11-26)21-5-3-2-4-17(21)14-20-15-28(16-29-20)19-8-6-18(7-9-19)22(23,24)25/h2-9,14H,10-13,15-16H2,1H3. The van der Waals surface area contributed by atoms with E-state index >= 15 is 0 Å². The lowest BCUT2D eigenvalue weighted by Crippen LogP contribution is -2.44. The molecule has 29 heavy (non-hydrogen) atoms. The van der Waals surface area contributed by atoms with Crippen molar-refractivity contribution in [3.8, 4) is 0 Å². The smallest absolute Gasteiger partial charge is 0.368 e. The Morgan fingerprint density at radius 2 is 1.59 bits per heavy atom. The lowest BCUT2D eigenvalue weighted by Gasteiger charge is -2.35. The van der Waals surface area contributed by atoms with Gasteiger partial charge in [0.25, 0.3) is 0 Å². The first-order chi connectivity index (χ1) is 13.9. The van der Waals surface area contributed by atoms with E-state index in [0.29, 0.717) is 6.54 Å². The third kappa shape index (κ3) is 4.73. The van der Waals surface area contributed by atoms with Gasteiger partial charge >= 0.3 is 6.18 Å². The maximum Gasteiger partial charge on any atom is 0.416 e. The van der Waals surface area contributed by atoms with Gasteiger partial charge in [-0.25, -0.2) is 0 Å². The highest BCUT2D eigenvalue weighted by atomic mass is 32.2. The van der Waals surface area contributed by atoms with Crippen molar-refractivity contribution in [1.82, 2.24) is 4.90 Å². The number of para-hydroxylation sites is 1. The molecule has 0 bridgehead atoms. The molecule has 2 aliphatic heterocycles. The molecule has 4 rings (SSSR count). The van der Waals surface area contributed by atoms with Crippen LogP contribution in [0.4, 0.5) is 24.5 Å². The molecular formula is C22H24F3N3S. The van der Waals surface area contributed by atoms with Crippen molar-refractivity contribution in [2.45, 2.75) is 6.18 Å². The Balaban J connectivity index is 1.48. The quantitative estimate of drug-likeness (QED) is 0.692. The highest BCUT2D eigenvalue weighted by Gasteiger charge is 2.30. The van der Waals surface area contributed by atoms with Gasteiger partial charge in [0, 0.05) is 49.0 Å². The molecule has 0 saturated carbocycles. The molecule has 2 aromatic carbocycles. The van der Waals surface area contributed by atoms with Crippen LogP contribution in [0.25, 0.3) is 6.08 Å². The van der Waals surface area contributed by atoms with Gasteiger partial charge in [0.15, 0.2) is 0 Å². The van der Waals surface area contributed by atoms with Gasteiger partial charge in [0.1, 0.15) is 0 Å². The first-order valence-corrected chi connectivity index (χ1v) is 10.7. The minimum absolute atomic E-state index is 0.607. The largest absolute Gasteiger partial charge is 0.416 e. The van der Waals surface area contributed by atoms with Crippen LogP contribution in [0.1, 0.15) is 11.1 Å². The van der Waals surface area contributed by atoms with Crippen molar-refractivity contribution >= 4 is 29.2 Å². The molecule has 0 radical (unpaired) electrons. The summed E-state index contributed by atoms with van der Waals surface area (Å²) in [5.74, 6) is 0.744. The van der Waals surface area contributed by atoms with Gasteiger partial charge in [-0.3, -0.25) is 0 Å². The molecule has 0 aliphatic carbocycles. The van der Waals surface area contributed by atoms with Gasteiger partial charge in [-0.15, -0.1) is 11.8 Å². The molecule has 2 aromatic rings. The van der Waals surface area contributed by atoms with E-state index in [1.165, 1.54) is 16.2 Å². The van der Waals surface area contributed by atoms with Gasteiger partial charge in [0.2, 0.25) is 0 Å². The zero-order valence-electron chi connectivity index (χ0n) is 16.3. The summed E-state index contributed by atoms with van der Waals surface area (Å²) in [6.45, 7) is 4.86. The maximum atomic E-state index is 12.8. The number of thioether (sulfide) groups is 1. The number of likely N-dealkylation sites (N-methyl/N-ethyl adjacent to an activating group) is 1. The van der Waals surface area contributed by atoms with E-state index in [1.54, 1.807) is 23.9 Å². The molecule has 7 heteroatoms. The van der Waals surface area contributed by atoms with Crippen molar-refractivity contribution in [2.75, 3.05) is 55.4 Å². The summed E-state index contributed by atoms with van der Waals surface area (Å²) in [5, 5.41) is 0. The summed E-state index contributed by atoms with van der Waals surface area (Å²) in [6.07, 6.45) is -2.07. The molecule has 2 heterocycles. The van der Waals surface area contributed by atoms with Gasteiger partial charge < -0.3 is 14.7 Å². The van der Waals surface area contributed by atoms with Crippen LogP contribution in [0.15, 0.2) is 53.4 Å².